The molecule has 0 radical (unpaired) electrons. The Morgan fingerprint density at radius 2 is 2.17 bits per heavy atom. The molecule has 11 heteroatoms. The van der Waals surface area contributed by atoms with E-state index < -0.39 is 16.0 Å². The zero-order valence-corrected chi connectivity index (χ0v) is 17.5. The first-order valence-corrected chi connectivity index (χ1v) is 11.9. The van der Waals surface area contributed by atoms with Crippen molar-refractivity contribution < 1.29 is 13.9 Å². The van der Waals surface area contributed by atoms with Gasteiger partial charge in [-0.15, -0.1) is 0 Å². The van der Waals surface area contributed by atoms with Crippen molar-refractivity contribution in [3.05, 3.63) is 24.7 Å². The molecule has 1 amide bonds. The number of nitrogens with zero attached hydrogens (tertiary/aromatic N) is 6. The summed E-state index contributed by atoms with van der Waals surface area (Å²) in [7, 11) is -2.42. The second-order valence-electron chi connectivity index (χ2n) is 7.77. The molecule has 2 aromatic heterocycles. The predicted molar refractivity (Wildman–Crippen MR) is 114 cm³/mol. The van der Waals surface area contributed by atoms with Crippen LogP contribution < -0.4 is 10.2 Å². The van der Waals surface area contributed by atoms with Crippen LogP contribution in [-0.4, -0.2) is 52.8 Å². The van der Waals surface area contributed by atoms with Crippen molar-refractivity contribution in [1.82, 2.24) is 19.7 Å². The molecular formula is C19H25N7O3S. The van der Waals surface area contributed by atoms with Gasteiger partial charge in [0.15, 0.2) is 0 Å². The maximum absolute atomic E-state index is 12.8. The van der Waals surface area contributed by atoms with Gasteiger partial charge in [-0.3, -0.25) is 23.5 Å². The van der Waals surface area contributed by atoms with Gasteiger partial charge in [0.25, 0.3) is 0 Å². The topological polar surface area (TPSA) is 140 Å². The number of nitrogens with one attached hydrogen (secondary N) is 1. The van der Waals surface area contributed by atoms with Gasteiger partial charge in [-0.05, 0) is 31.7 Å². The molecule has 3 N–H and O–H groups in total. The van der Waals surface area contributed by atoms with Crippen LogP contribution in [0.3, 0.4) is 0 Å². The van der Waals surface area contributed by atoms with Crippen molar-refractivity contribution in [3.8, 4) is 6.07 Å². The number of hydrogen-bond acceptors (Lipinski definition) is 8. The smallest absolute Gasteiger partial charge is 0.248 e. The van der Waals surface area contributed by atoms with Gasteiger partial charge in [0.05, 0.1) is 24.0 Å². The zero-order chi connectivity index (χ0) is 21.4. The summed E-state index contributed by atoms with van der Waals surface area (Å²) in [6.07, 6.45) is 7.40. The summed E-state index contributed by atoms with van der Waals surface area (Å²) in [5.74, 6) is 1.39. The van der Waals surface area contributed by atoms with Crippen LogP contribution in [0.5, 0.6) is 0 Å². The molecule has 0 aromatic carbocycles. The minimum Gasteiger partial charge on any atom is -0.321 e. The Hall–Kier alpha value is -2.68. The standard InChI is InChI=1S/C19H25N7O3S/c1-2-19(13-20)6-8-25(17(19)27)16-3-7-21-18(24-16)23-14-11-22-26(12-14)15-4-9-30(28,29)10-5-15/h3,7,11-12,15,28-29H,2,4-6,8-10H2,1H3,(H,21,23,24)/t19-/m1/s1. The van der Waals surface area contributed by atoms with Gasteiger partial charge >= 0.3 is 0 Å². The lowest BCUT2D eigenvalue weighted by Crippen LogP contribution is -2.33. The fraction of sp³-hybridized carbons (Fsp3) is 0.526. The van der Waals surface area contributed by atoms with Gasteiger partial charge in [-0.2, -0.15) is 25.9 Å². The molecule has 0 aliphatic carbocycles. The Balaban J connectivity index is 1.45. The van der Waals surface area contributed by atoms with Crippen molar-refractivity contribution in [1.29, 1.82) is 5.26 Å². The molecule has 2 saturated heterocycles. The van der Waals surface area contributed by atoms with E-state index in [0.29, 0.717) is 61.2 Å². The van der Waals surface area contributed by atoms with Crippen molar-refractivity contribution in [2.45, 2.75) is 38.6 Å². The summed E-state index contributed by atoms with van der Waals surface area (Å²) in [6.45, 7) is 2.30. The lowest BCUT2D eigenvalue weighted by atomic mass is 9.85. The Morgan fingerprint density at radius 3 is 2.83 bits per heavy atom. The first kappa shape index (κ1) is 20.6. The van der Waals surface area contributed by atoms with Gasteiger partial charge in [-0.1, -0.05) is 6.92 Å². The number of hydrogen-bond donors (Lipinski definition) is 3. The Labute approximate surface area is 176 Å². The van der Waals surface area contributed by atoms with E-state index in [0.717, 1.165) is 0 Å². The van der Waals surface area contributed by atoms with Gasteiger partial charge < -0.3 is 5.32 Å². The van der Waals surface area contributed by atoms with E-state index in [4.69, 9.17) is 0 Å². The third-order valence-electron chi connectivity index (χ3n) is 5.94. The van der Waals surface area contributed by atoms with Gasteiger partial charge in [-0.25, -0.2) is 4.98 Å². The van der Waals surface area contributed by atoms with E-state index in [9.17, 15) is 19.2 Å². The van der Waals surface area contributed by atoms with Crippen LogP contribution in [0.25, 0.3) is 0 Å². The molecule has 0 unspecified atom stereocenters. The number of aromatic nitrogens is 4. The Morgan fingerprint density at radius 1 is 1.40 bits per heavy atom. The number of nitriles is 1. The summed E-state index contributed by atoms with van der Waals surface area (Å²) in [5.41, 5.74) is -0.265. The largest absolute Gasteiger partial charge is 0.321 e. The molecule has 2 aliphatic heterocycles. The van der Waals surface area contributed by atoms with Crippen LogP contribution in [0, 0.1) is 16.7 Å². The highest BCUT2D eigenvalue weighted by atomic mass is 32.3. The van der Waals surface area contributed by atoms with Crippen LogP contribution >= 0.6 is 10.6 Å². The van der Waals surface area contributed by atoms with E-state index in [1.54, 1.807) is 23.4 Å². The molecule has 2 aromatic rings. The second kappa shape index (κ2) is 7.86. The third kappa shape index (κ3) is 3.86. The Kier molecular flexibility index (Phi) is 5.40. The monoisotopic (exact) mass is 431 g/mol. The molecule has 2 fully saturated rings. The lowest BCUT2D eigenvalue weighted by Gasteiger charge is -2.39. The number of rotatable bonds is 5. The molecule has 4 rings (SSSR count). The summed E-state index contributed by atoms with van der Waals surface area (Å²) in [6, 6.07) is 3.97. The van der Waals surface area contributed by atoms with Crippen molar-refractivity contribution in [2.75, 3.05) is 28.3 Å². The van der Waals surface area contributed by atoms with Crippen molar-refractivity contribution in [3.63, 3.8) is 0 Å². The van der Waals surface area contributed by atoms with Crippen LogP contribution in [0.4, 0.5) is 17.5 Å². The second-order valence-corrected chi connectivity index (χ2v) is 10.2. The molecule has 0 saturated carbocycles. The molecule has 0 spiro atoms. The summed E-state index contributed by atoms with van der Waals surface area (Å²) in [4.78, 5) is 23.0. The highest BCUT2D eigenvalue weighted by molar-refractivity contribution is 8.24. The van der Waals surface area contributed by atoms with E-state index >= 15 is 0 Å². The molecule has 2 aliphatic rings. The van der Waals surface area contributed by atoms with Crippen LogP contribution in [0.1, 0.15) is 38.6 Å². The molecule has 10 nitrogen and oxygen atoms in total. The van der Waals surface area contributed by atoms with Crippen molar-refractivity contribution in [2.24, 2.45) is 5.41 Å². The molecule has 160 valence electrons. The van der Waals surface area contributed by atoms with Crippen LogP contribution in [0.2, 0.25) is 0 Å². The quantitative estimate of drug-likeness (QED) is 0.656. The molecular weight excluding hydrogens is 406 g/mol. The molecule has 30 heavy (non-hydrogen) atoms. The minimum absolute atomic E-state index is 0.128. The Bertz CT molecular complexity index is 979. The molecule has 0 bridgehead atoms. The minimum atomic E-state index is -2.42. The molecule has 4 heterocycles. The van der Waals surface area contributed by atoms with Crippen molar-refractivity contribution >= 4 is 34.0 Å². The maximum Gasteiger partial charge on any atom is 0.248 e. The first-order chi connectivity index (χ1) is 14.4. The van der Waals surface area contributed by atoms with Crippen LogP contribution in [0.15, 0.2) is 24.7 Å². The summed E-state index contributed by atoms with van der Waals surface area (Å²) < 4.78 is 21.4. The van der Waals surface area contributed by atoms with E-state index in [2.05, 4.69) is 26.5 Å². The SMILES string of the molecule is CC[C@]1(C#N)CCN(c2ccnc(Nc3cnn(C4CCS(O)(O)CC4)c3)n2)C1=O. The lowest BCUT2D eigenvalue weighted by molar-refractivity contribution is -0.123. The number of anilines is 3. The highest BCUT2D eigenvalue weighted by Crippen LogP contribution is 2.46. The first-order valence-electron chi connectivity index (χ1n) is 9.97. The number of carbonyl (C=O) groups excluding carboxylic acids is 1. The molecule has 1 atom stereocenters. The predicted octanol–water partition coefficient (Wildman–Crippen LogP) is 3.16. The van der Waals surface area contributed by atoms with Gasteiger partial charge in [0.1, 0.15) is 11.2 Å². The normalized spacial score (nSPS) is 25.1. The average Bonchev–Trinajstić information content (AvgIpc) is 3.33. The number of amides is 1. The summed E-state index contributed by atoms with van der Waals surface area (Å²) >= 11 is 0. The van der Waals surface area contributed by atoms with E-state index in [1.165, 1.54) is 0 Å². The number of carbonyl (C=O) groups is 1. The fourth-order valence-corrected chi connectivity index (χ4v) is 5.45. The third-order valence-corrected chi connectivity index (χ3v) is 7.72. The maximum atomic E-state index is 12.8. The van der Waals surface area contributed by atoms with E-state index in [-0.39, 0.29) is 11.9 Å². The van der Waals surface area contributed by atoms with Gasteiger partial charge in [0.2, 0.25) is 11.9 Å². The average molecular weight is 432 g/mol. The summed E-state index contributed by atoms with van der Waals surface area (Å²) in [5, 5.41) is 16.9. The highest BCUT2D eigenvalue weighted by Gasteiger charge is 2.46. The fourth-order valence-electron chi connectivity index (χ4n) is 3.95. The van der Waals surface area contributed by atoms with Gasteiger partial charge in [0, 0.05) is 30.4 Å². The zero-order valence-electron chi connectivity index (χ0n) is 16.7. The van der Waals surface area contributed by atoms with E-state index in [1.807, 2.05) is 17.8 Å². The van der Waals surface area contributed by atoms with Crippen LogP contribution in [-0.2, 0) is 4.79 Å².